The Morgan fingerprint density at radius 1 is 1.23 bits per heavy atom. The van der Waals surface area contributed by atoms with Crippen molar-refractivity contribution in [1.29, 1.82) is 0 Å². The van der Waals surface area contributed by atoms with Gasteiger partial charge in [-0.25, -0.2) is 17.8 Å². The van der Waals surface area contributed by atoms with Gasteiger partial charge in [0.25, 0.3) is 11.6 Å². The second-order valence-electron chi connectivity index (χ2n) is 6.39. The topological polar surface area (TPSA) is 132 Å². The van der Waals surface area contributed by atoms with Crippen LogP contribution in [0.1, 0.15) is 16.1 Å². The molecule has 0 aliphatic heterocycles. The fourth-order valence-corrected chi connectivity index (χ4v) is 5.30. The number of nitro benzene ring substituents is 1. The third-order valence-electron chi connectivity index (χ3n) is 4.43. The van der Waals surface area contributed by atoms with Crippen LogP contribution in [0.25, 0.3) is 11.0 Å². The van der Waals surface area contributed by atoms with E-state index in [-0.39, 0.29) is 25.7 Å². The van der Waals surface area contributed by atoms with Crippen LogP contribution < -0.4 is 5.32 Å². The number of nitro groups is 1. The summed E-state index contributed by atoms with van der Waals surface area (Å²) >= 11 is 0.717. The van der Waals surface area contributed by atoms with Gasteiger partial charge in [0.05, 0.1) is 16.0 Å². The molecule has 0 aliphatic rings. The molecule has 0 saturated heterocycles. The van der Waals surface area contributed by atoms with Gasteiger partial charge in [-0.05, 0) is 37.3 Å². The maximum atomic E-state index is 13.4. The average molecular weight is 461 g/mol. The normalized spacial score (nSPS) is 11.5. The summed E-state index contributed by atoms with van der Waals surface area (Å²) in [7, 11) is -3.98. The number of rotatable bonds is 5. The van der Waals surface area contributed by atoms with E-state index in [4.69, 9.17) is 4.42 Å². The SMILES string of the molecule is Cc1c(C(=O)Nc2ncc(S(=O)(=O)c3ccc([N+](=O)[O-])cc3)s2)oc2ccc(F)cc12. The van der Waals surface area contributed by atoms with Gasteiger partial charge >= 0.3 is 0 Å². The molecule has 2 heterocycles. The highest BCUT2D eigenvalue weighted by Crippen LogP contribution is 2.31. The number of carbonyl (C=O) groups excluding carboxylic acids is 1. The number of fused-ring (bicyclic) bond motifs is 1. The van der Waals surface area contributed by atoms with Crippen LogP contribution in [0.5, 0.6) is 0 Å². The average Bonchev–Trinajstić information content (AvgIpc) is 3.33. The van der Waals surface area contributed by atoms with Crippen molar-refractivity contribution in [3.05, 3.63) is 75.9 Å². The molecule has 1 amide bonds. The maximum Gasteiger partial charge on any atom is 0.293 e. The Hall–Kier alpha value is -3.64. The predicted octanol–water partition coefficient (Wildman–Crippen LogP) is 4.33. The van der Waals surface area contributed by atoms with Gasteiger partial charge in [0, 0.05) is 23.1 Å². The lowest BCUT2D eigenvalue weighted by molar-refractivity contribution is -0.384. The van der Waals surface area contributed by atoms with Crippen molar-refractivity contribution in [3.63, 3.8) is 0 Å². The number of anilines is 1. The number of aromatic nitrogens is 1. The smallest absolute Gasteiger partial charge is 0.293 e. The molecule has 0 bridgehead atoms. The quantitative estimate of drug-likeness (QED) is 0.345. The summed E-state index contributed by atoms with van der Waals surface area (Å²) in [5, 5.41) is 13.7. The number of furan rings is 1. The first-order chi connectivity index (χ1) is 14.7. The van der Waals surface area contributed by atoms with Crippen molar-refractivity contribution in [2.24, 2.45) is 0 Å². The minimum atomic E-state index is -3.98. The van der Waals surface area contributed by atoms with Gasteiger partial charge in [0.15, 0.2) is 10.9 Å². The standard InChI is InChI=1S/C19H12FN3O6S2/c1-10-14-8-11(20)2-7-15(14)29-17(10)18(24)22-19-21-9-16(30-19)31(27,28)13-5-3-12(4-6-13)23(25)26/h2-9H,1H3,(H,21,22,24). The summed E-state index contributed by atoms with van der Waals surface area (Å²) in [4.78, 5) is 26.4. The number of halogens is 1. The molecule has 1 N–H and O–H groups in total. The highest BCUT2D eigenvalue weighted by Gasteiger charge is 2.24. The molecule has 0 unspecified atom stereocenters. The van der Waals surface area contributed by atoms with Crippen LogP contribution in [0, 0.1) is 22.9 Å². The Bertz CT molecular complexity index is 1440. The van der Waals surface area contributed by atoms with Crippen molar-refractivity contribution < 1.29 is 26.9 Å². The lowest BCUT2D eigenvalue weighted by Crippen LogP contribution is -2.11. The molecule has 9 nitrogen and oxygen atoms in total. The number of sulfone groups is 1. The molecule has 0 spiro atoms. The Balaban J connectivity index is 1.58. The van der Waals surface area contributed by atoms with Crippen LogP contribution in [-0.2, 0) is 9.84 Å². The number of benzene rings is 2. The number of thiazole rings is 1. The Morgan fingerprint density at radius 2 is 1.94 bits per heavy atom. The zero-order valence-corrected chi connectivity index (χ0v) is 17.3. The van der Waals surface area contributed by atoms with E-state index in [1.165, 1.54) is 18.2 Å². The van der Waals surface area contributed by atoms with Crippen molar-refractivity contribution in [1.82, 2.24) is 4.98 Å². The lowest BCUT2D eigenvalue weighted by Gasteiger charge is -2.01. The number of hydrogen-bond donors (Lipinski definition) is 1. The highest BCUT2D eigenvalue weighted by atomic mass is 32.2. The van der Waals surface area contributed by atoms with E-state index in [2.05, 4.69) is 10.3 Å². The molecule has 0 aliphatic carbocycles. The summed E-state index contributed by atoms with van der Waals surface area (Å²) in [6.07, 6.45) is 1.08. The van der Waals surface area contributed by atoms with E-state index in [0.29, 0.717) is 27.9 Å². The number of nitrogens with zero attached hydrogens (tertiary/aromatic N) is 2. The number of non-ortho nitro benzene ring substituents is 1. The zero-order valence-electron chi connectivity index (χ0n) is 15.7. The van der Waals surface area contributed by atoms with E-state index in [1.54, 1.807) is 6.92 Å². The van der Waals surface area contributed by atoms with E-state index in [0.717, 1.165) is 30.5 Å². The summed E-state index contributed by atoms with van der Waals surface area (Å²) in [6, 6.07) is 8.30. The second-order valence-corrected chi connectivity index (χ2v) is 9.60. The fourth-order valence-electron chi connectivity index (χ4n) is 2.87. The minimum Gasteiger partial charge on any atom is -0.451 e. The molecule has 4 rings (SSSR count). The fraction of sp³-hybridized carbons (Fsp3) is 0.0526. The Kier molecular flexibility index (Phi) is 5.03. The third-order valence-corrected chi connectivity index (χ3v) is 7.58. The lowest BCUT2D eigenvalue weighted by atomic mass is 10.1. The molecule has 12 heteroatoms. The monoisotopic (exact) mass is 461 g/mol. The molecule has 2 aromatic heterocycles. The molecular formula is C19H12FN3O6S2. The first-order valence-electron chi connectivity index (χ1n) is 8.62. The first-order valence-corrected chi connectivity index (χ1v) is 10.9. The molecule has 4 aromatic rings. The van der Waals surface area contributed by atoms with E-state index < -0.39 is 26.5 Å². The molecule has 0 atom stereocenters. The maximum absolute atomic E-state index is 13.4. The highest BCUT2D eigenvalue weighted by molar-refractivity contribution is 7.93. The zero-order chi connectivity index (χ0) is 22.3. The minimum absolute atomic E-state index is 0.0107. The van der Waals surface area contributed by atoms with Crippen molar-refractivity contribution in [3.8, 4) is 0 Å². The van der Waals surface area contributed by atoms with Crippen LogP contribution in [0.4, 0.5) is 15.2 Å². The predicted molar refractivity (Wildman–Crippen MR) is 110 cm³/mol. The van der Waals surface area contributed by atoms with Crippen molar-refractivity contribution >= 4 is 48.9 Å². The summed E-state index contributed by atoms with van der Waals surface area (Å²) in [5.74, 6) is -1.18. The summed E-state index contributed by atoms with van der Waals surface area (Å²) in [5.41, 5.74) is 0.532. The molecule has 0 fully saturated rings. The van der Waals surface area contributed by atoms with Crippen LogP contribution in [0.3, 0.4) is 0 Å². The summed E-state index contributed by atoms with van der Waals surface area (Å²) in [6.45, 7) is 1.60. The molecule has 2 aromatic carbocycles. The van der Waals surface area contributed by atoms with E-state index >= 15 is 0 Å². The Labute approximate surface area is 178 Å². The van der Waals surface area contributed by atoms with E-state index in [1.807, 2.05) is 0 Å². The van der Waals surface area contributed by atoms with E-state index in [9.17, 15) is 27.7 Å². The van der Waals surface area contributed by atoms with Crippen LogP contribution in [-0.4, -0.2) is 24.2 Å². The van der Waals surface area contributed by atoms with Crippen LogP contribution >= 0.6 is 11.3 Å². The largest absolute Gasteiger partial charge is 0.451 e. The second kappa shape index (κ2) is 7.56. The van der Waals surface area contributed by atoms with Crippen molar-refractivity contribution in [2.45, 2.75) is 16.0 Å². The molecule has 158 valence electrons. The van der Waals surface area contributed by atoms with Gasteiger partial charge in [0.2, 0.25) is 9.84 Å². The molecule has 31 heavy (non-hydrogen) atoms. The molecular weight excluding hydrogens is 449 g/mol. The number of hydrogen-bond acceptors (Lipinski definition) is 8. The van der Waals surface area contributed by atoms with Gasteiger partial charge in [-0.1, -0.05) is 11.3 Å². The number of carbonyl (C=O) groups is 1. The number of amides is 1. The third kappa shape index (κ3) is 3.78. The van der Waals surface area contributed by atoms with Crippen LogP contribution in [0.15, 0.2) is 62.2 Å². The van der Waals surface area contributed by atoms with Crippen molar-refractivity contribution in [2.75, 3.05) is 5.32 Å². The van der Waals surface area contributed by atoms with Gasteiger partial charge < -0.3 is 4.42 Å². The van der Waals surface area contributed by atoms with Crippen LogP contribution in [0.2, 0.25) is 0 Å². The van der Waals surface area contributed by atoms with Gasteiger partial charge in [-0.15, -0.1) is 0 Å². The van der Waals surface area contributed by atoms with Gasteiger partial charge in [0.1, 0.15) is 15.6 Å². The number of nitrogens with one attached hydrogen (secondary N) is 1. The van der Waals surface area contributed by atoms with Gasteiger partial charge in [-0.2, -0.15) is 0 Å². The van der Waals surface area contributed by atoms with Gasteiger partial charge in [-0.3, -0.25) is 20.2 Å². The first kappa shape index (κ1) is 20.6. The molecule has 0 saturated carbocycles. The Morgan fingerprint density at radius 3 is 2.61 bits per heavy atom. The molecule has 0 radical (unpaired) electrons. The number of aryl methyl sites for hydroxylation is 1. The summed E-state index contributed by atoms with van der Waals surface area (Å²) < 4.78 is 44.2.